The molecule has 0 atom stereocenters. The van der Waals surface area contributed by atoms with E-state index in [-0.39, 0.29) is 10.5 Å². The molecule has 0 bridgehead atoms. The first-order chi connectivity index (χ1) is 15.7. The van der Waals surface area contributed by atoms with Crippen molar-refractivity contribution in [2.24, 2.45) is 0 Å². The molecule has 10 nitrogen and oxygen atoms in total. The summed E-state index contributed by atoms with van der Waals surface area (Å²) in [4.78, 5) is 24.6. The Labute approximate surface area is 193 Å². The summed E-state index contributed by atoms with van der Waals surface area (Å²) in [6.45, 7) is 3.62. The highest BCUT2D eigenvalue weighted by Crippen LogP contribution is 2.39. The maximum Gasteiger partial charge on any atom is 0.338 e. The first-order valence-electron chi connectivity index (χ1n) is 10.1. The Hall–Kier alpha value is -3.31. The van der Waals surface area contributed by atoms with Crippen LogP contribution in [0.5, 0.6) is 17.2 Å². The molecule has 2 rings (SSSR count). The molecule has 0 heterocycles. The number of benzene rings is 2. The van der Waals surface area contributed by atoms with E-state index in [0.717, 1.165) is 0 Å². The Balaban J connectivity index is 2.03. The van der Waals surface area contributed by atoms with E-state index in [1.807, 2.05) is 0 Å². The molecule has 33 heavy (non-hydrogen) atoms. The maximum absolute atomic E-state index is 12.5. The molecule has 1 amide bonds. The van der Waals surface area contributed by atoms with Crippen LogP contribution in [0.15, 0.2) is 41.3 Å². The van der Waals surface area contributed by atoms with E-state index >= 15 is 0 Å². The number of carbonyl (C=O) groups excluding carboxylic acids is 2. The van der Waals surface area contributed by atoms with Crippen LogP contribution >= 0.6 is 0 Å². The van der Waals surface area contributed by atoms with Gasteiger partial charge >= 0.3 is 5.97 Å². The summed E-state index contributed by atoms with van der Waals surface area (Å²) in [5.41, 5.74) is 0.477. The van der Waals surface area contributed by atoms with Gasteiger partial charge in [-0.15, -0.1) is 0 Å². The molecule has 180 valence electrons. The zero-order valence-corrected chi connectivity index (χ0v) is 20.0. The van der Waals surface area contributed by atoms with Crippen LogP contribution in [0.1, 0.15) is 24.2 Å². The number of amides is 1. The van der Waals surface area contributed by atoms with Crippen LogP contribution in [-0.4, -0.2) is 65.6 Å². The van der Waals surface area contributed by atoms with Crippen molar-refractivity contribution >= 4 is 27.6 Å². The smallest absolute Gasteiger partial charge is 0.338 e. The third kappa shape index (κ3) is 6.14. The number of nitrogens with one attached hydrogen (secondary N) is 1. The lowest BCUT2D eigenvalue weighted by Gasteiger charge is -2.18. The van der Waals surface area contributed by atoms with Crippen LogP contribution in [-0.2, 0) is 19.6 Å². The molecule has 0 aromatic heterocycles. The van der Waals surface area contributed by atoms with Crippen molar-refractivity contribution in [1.82, 2.24) is 4.31 Å². The summed E-state index contributed by atoms with van der Waals surface area (Å²) in [6.07, 6.45) is 0. The van der Waals surface area contributed by atoms with Crippen LogP contribution in [0.2, 0.25) is 0 Å². The average Bonchev–Trinajstić information content (AvgIpc) is 2.82. The lowest BCUT2D eigenvalue weighted by atomic mass is 10.2. The van der Waals surface area contributed by atoms with Crippen molar-refractivity contribution in [2.45, 2.75) is 18.7 Å². The minimum Gasteiger partial charge on any atom is -0.493 e. The van der Waals surface area contributed by atoms with Crippen LogP contribution < -0.4 is 19.5 Å². The van der Waals surface area contributed by atoms with E-state index in [1.165, 1.54) is 62.0 Å². The van der Waals surface area contributed by atoms with E-state index in [9.17, 15) is 18.0 Å². The number of ether oxygens (including phenoxy) is 4. The summed E-state index contributed by atoms with van der Waals surface area (Å²) in [5, 5.41) is 2.59. The Morgan fingerprint density at radius 3 is 1.91 bits per heavy atom. The van der Waals surface area contributed by atoms with E-state index in [4.69, 9.17) is 18.9 Å². The molecule has 0 spiro atoms. The number of hydrogen-bond donors (Lipinski definition) is 1. The predicted molar refractivity (Wildman–Crippen MR) is 122 cm³/mol. The van der Waals surface area contributed by atoms with Crippen LogP contribution in [0.3, 0.4) is 0 Å². The third-order valence-corrected chi connectivity index (χ3v) is 6.78. The second kappa shape index (κ2) is 11.5. The highest BCUT2D eigenvalue weighted by atomic mass is 32.2. The van der Waals surface area contributed by atoms with Crippen molar-refractivity contribution in [3.63, 3.8) is 0 Å². The van der Waals surface area contributed by atoms with Gasteiger partial charge in [0.2, 0.25) is 15.8 Å². The minimum atomic E-state index is -3.63. The molecule has 2 aromatic carbocycles. The number of nitrogens with zero attached hydrogens (tertiary/aromatic N) is 1. The second-order valence-electron chi connectivity index (χ2n) is 6.65. The van der Waals surface area contributed by atoms with Crippen LogP contribution in [0.25, 0.3) is 0 Å². The molecule has 0 aliphatic rings. The van der Waals surface area contributed by atoms with Crippen molar-refractivity contribution < 1.29 is 37.0 Å². The van der Waals surface area contributed by atoms with Gasteiger partial charge in [0.25, 0.3) is 5.91 Å². The fourth-order valence-electron chi connectivity index (χ4n) is 3.04. The number of sulfonamides is 1. The monoisotopic (exact) mass is 480 g/mol. The predicted octanol–water partition coefficient (Wildman–Crippen LogP) is 2.54. The van der Waals surface area contributed by atoms with E-state index in [0.29, 0.717) is 36.0 Å². The highest BCUT2D eigenvalue weighted by molar-refractivity contribution is 7.89. The summed E-state index contributed by atoms with van der Waals surface area (Å²) in [6, 6.07) is 8.43. The zero-order chi connectivity index (χ0) is 24.6. The Bertz CT molecular complexity index is 1060. The fourth-order valence-corrected chi connectivity index (χ4v) is 4.50. The average molecular weight is 481 g/mol. The van der Waals surface area contributed by atoms with Gasteiger partial charge in [-0.2, -0.15) is 4.31 Å². The summed E-state index contributed by atoms with van der Waals surface area (Å²) < 4.78 is 47.1. The molecule has 0 saturated heterocycles. The maximum atomic E-state index is 12.5. The molecule has 2 aromatic rings. The van der Waals surface area contributed by atoms with Gasteiger partial charge in [-0.3, -0.25) is 4.79 Å². The van der Waals surface area contributed by atoms with Crippen molar-refractivity contribution in [3.8, 4) is 17.2 Å². The molecule has 0 fully saturated rings. The quantitative estimate of drug-likeness (QED) is 0.487. The third-order valence-electron chi connectivity index (χ3n) is 4.72. The van der Waals surface area contributed by atoms with Crippen molar-refractivity contribution in [3.05, 3.63) is 42.0 Å². The van der Waals surface area contributed by atoms with E-state index in [1.54, 1.807) is 13.8 Å². The lowest BCUT2D eigenvalue weighted by Crippen LogP contribution is -2.30. The number of methoxy groups -OCH3 is 3. The van der Waals surface area contributed by atoms with Crippen LogP contribution in [0.4, 0.5) is 5.69 Å². The standard InChI is InChI=1S/C22H28N2O8S/c1-6-24(7-2)33(27,28)17-10-8-15(9-11-17)22(26)32-14-20(25)23-16-12-18(29-3)21(31-5)19(13-16)30-4/h8-13H,6-7,14H2,1-5H3,(H,23,25). The number of rotatable bonds is 11. The molecule has 0 saturated carbocycles. The summed E-state index contributed by atoms with van der Waals surface area (Å²) in [7, 11) is 0.724. The molecule has 0 aliphatic carbocycles. The van der Waals surface area contributed by atoms with E-state index < -0.39 is 28.5 Å². The number of esters is 1. The van der Waals surface area contributed by atoms with Gasteiger partial charge in [-0.25, -0.2) is 13.2 Å². The number of hydrogen-bond acceptors (Lipinski definition) is 8. The number of carbonyl (C=O) groups is 2. The Morgan fingerprint density at radius 1 is 0.909 bits per heavy atom. The van der Waals surface area contributed by atoms with Crippen LogP contribution in [0, 0.1) is 0 Å². The normalized spacial score (nSPS) is 11.1. The summed E-state index contributed by atoms with van der Waals surface area (Å²) in [5.74, 6) is -0.274. The molecule has 0 radical (unpaired) electrons. The molecule has 11 heteroatoms. The van der Waals surface area contributed by atoms with Gasteiger partial charge in [-0.1, -0.05) is 13.8 Å². The Morgan fingerprint density at radius 2 is 1.45 bits per heavy atom. The minimum absolute atomic E-state index is 0.0721. The molecule has 0 unspecified atom stereocenters. The SMILES string of the molecule is CCN(CC)S(=O)(=O)c1ccc(C(=O)OCC(=O)Nc2cc(OC)c(OC)c(OC)c2)cc1. The lowest BCUT2D eigenvalue weighted by molar-refractivity contribution is -0.119. The van der Waals surface area contributed by atoms with Gasteiger partial charge < -0.3 is 24.3 Å². The fraction of sp³-hybridized carbons (Fsp3) is 0.364. The first-order valence-corrected chi connectivity index (χ1v) is 11.5. The van der Waals surface area contributed by atoms with Gasteiger partial charge in [0.15, 0.2) is 18.1 Å². The van der Waals surface area contributed by atoms with Gasteiger partial charge in [-0.05, 0) is 24.3 Å². The second-order valence-corrected chi connectivity index (χ2v) is 8.59. The molecular weight excluding hydrogens is 452 g/mol. The first kappa shape index (κ1) is 25.9. The molecule has 1 N–H and O–H groups in total. The highest BCUT2D eigenvalue weighted by Gasteiger charge is 2.22. The van der Waals surface area contributed by atoms with Crippen molar-refractivity contribution in [1.29, 1.82) is 0 Å². The van der Waals surface area contributed by atoms with Gasteiger partial charge in [0, 0.05) is 30.9 Å². The zero-order valence-electron chi connectivity index (χ0n) is 19.2. The van der Waals surface area contributed by atoms with E-state index in [2.05, 4.69) is 5.32 Å². The topological polar surface area (TPSA) is 120 Å². The number of anilines is 1. The molecular formula is C22H28N2O8S. The largest absolute Gasteiger partial charge is 0.493 e. The van der Waals surface area contributed by atoms with Gasteiger partial charge in [0.05, 0.1) is 31.8 Å². The Kier molecular flexibility index (Phi) is 9.06. The summed E-state index contributed by atoms with van der Waals surface area (Å²) >= 11 is 0. The molecule has 0 aliphatic heterocycles. The van der Waals surface area contributed by atoms with Gasteiger partial charge in [0.1, 0.15) is 0 Å². The van der Waals surface area contributed by atoms with Crippen molar-refractivity contribution in [2.75, 3.05) is 46.3 Å².